The molecule has 1 aromatic rings. The Hall–Kier alpha value is -0.570. The molecular weight excluding hydrogens is 229 g/mol. The highest BCUT2D eigenvalue weighted by Gasteiger charge is 1.82. The van der Waals surface area contributed by atoms with Crippen LogP contribution in [-0.4, -0.2) is 15.0 Å². The zero-order chi connectivity index (χ0) is 6.53. The predicted octanol–water partition coefficient (Wildman–Crippen LogP) is 0.674. The Bertz CT molecular complexity index is 218. The van der Waals surface area contributed by atoms with Crippen LogP contribution in [0.2, 0.25) is 0 Å². The van der Waals surface area contributed by atoms with E-state index < -0.39 is 0 Å². The summed E-state index contributed by atoms with van der Waals surface area (Å²) in [4.78, 5) is 0. The Balaban J connectivity index is 2.54. The van der Waals surface area contributed by atoms with Crippen molar-refractivity contribution in [2.75, 3.05) is 0 Å². The van der Waals surface area contributed by atoms with Crippen molar-refractivity contribution in [2.24, 2.45) is 0 Å². The van der Waals surface area contributed by atoms with E-state index in [9.17, 15) is 0 Å². The average molecular weight is 233 g/mol. The fourth-order valence-electron chi connectivity index (χ4n) is 0.428. The van der Waals surface area contributed by atoms with Gasteiger partial charge >= 0.3 is 0 Å². The summed E-state index contributed by atoms with van der Waals surface area (Å²) in [6.45, 7) is 0.628. The standard InChI is InChI=1S/C5H4IN3/c6-2-1-4-9-5-3-7-8-9/h3,5H,4H2. The Morgan fingerprint density at radius 1 is 1.67 bits per heavy atom. The number of halogens is 1. The number of aromatic nitrogens is 3. The predicted molar refractivity (Wildman–Crippen MR) is 41.8 cm³/mol. The van der Waals surface area contributed by atoms with Gasteiger partial charge in [0.15, 0.2) is 0 Å². The van der Waals surface area contributed by atoms with Crippen molar-refractivity contribution in [2.45, 2.75) is 6.54 Å². The van der Waals surface area contributed by atoms with Gasteiger partial charge in [-0.25, -0.2) is 4.68 Å². The van der Waals surface area contributed by atoms with Crippen molar-refractivity contribution in [1.29, 1.82) is 0 Å². The topological polar surface area (TPSA) is 30.7 Å². The molecule has 1 heterocycles. The third-order valence-corrected chi connectivity index (χ3v) is 1.16. The quantitative estimate of drug-likeness (QED) is 0.527. The zero-order valence-corrected chi connectivity index (χ0v) is 6.74. The van der Waals surface area contributed by atoms with Crippen LogP contribution in [0.25, 0.3) is 0 Å². The highest BCUT2D eigenvalue weighted by atomic mass is 127. The molecule has 0 unspecified atom stereocenters. The molecule has 0 spiro atoms. The van der Waals surface area contributed by atoms with Crippen LogP contribution in [0.15, 0.2) is 12.4 Å². The van der Waals surface area contributed by atoms with Crippen molar-refractivity contribution >= 4 is 22.6 Å². The van der Waals surface area contributed by atoms with Crippen molar-refractivity contribution in [1.82, 2.24) is 15.0 Å². The summed E-state index contributed by atoms with van der Waals surface area (Å²) in [7, 11) is 0. The van der Waals surface area contributed by atoms with Gasteiger partial charge < -0.3 is 0 Å². The van der Waals surface area contributed by atoms with Gasteiger partial charge in [0.05, 0.1) is 6.20 Å². The van der Waals surface area contributed by atoms with Crippen LogP contribution in [-0.2, 0) is 6.54 Å². The van der Waals surface area contributed by atoms with Crippen molar-refractivity contribution < 1.29 is 0 Å². The summed E-state index contributed by atoms with van der Waals surface area (Å²) >= 11 is 1.99. The van der Waals surface area contributed by atoms with E-state index in [1.165, 1.54) is 0 Å². The van der Waals surface area contributed by atoms with E-state index in [4.69, 9.17) is 0 Å². The van der Waals surface area contributed by atoms with Gasteiger partial charge in [0.1, 0.15) is 6.54 Å². The molecule has 0 amide bonds. The second-order valence-electron chi connectivity index (χ2n) is 1.37. The van der Waals surface area contributed by atoms with Gasteiger partial charge in [0.2, 0.25) is 0 Å². The van der Waals surface area contributed by atoms with E-state index in [0.29, 0.717) is 6.54 Å². The number of hydrogen-bond donors (Lipinski definition) is 0. The van der Waals surface area contributed by atoms with Gasteiger partial charge in [0, 0.05) is 28.8 Å². The van der Waals surface area contributed by atoms with Gasteiger partial charge in [-0.15, -0.1) is 5.10 Å². The molecule has 0 saturated heterocycles. The molecule has 0 aliphatic rings. The van der Waals surface area contributed by atoms with Crippen LogP contribution in [0.1, 0.15) is 0 Å². The Morgan fingerprint density at radius 3 is 3.11 bits per heavy atom. The largest absolute Gasteiger partial charge is 0.241 e. The molecule has 0 saturated carbocycles. The number of nitrogens with zero attached hydrogens (tertiary/aromatic N) is 3. The minimum Gasteiger partial charge on any atom is -0.241 e. The summed E-state index contributed by atoms with van der Waals surface area (Å²) in [5, 5.41) is 7.33. The lowest BCUT2D eigenvalue weighted by Crippen LogP contribution is -1.95. The monoisotopic (exact) mass is 233 g/mol. The van der Waals surface area contributed by atoms with Crippen LogP contribution in [0.4, 0.5) is 0 Å². The molecule has 0 bridgehead atoms. The first-order valence-electron chi connectivity index (χ1n) is 2.36. The summed E-state index contributed by atoms with van der Waals surface area (Å²) in [5.74, 6) is 2.85. The molecule has 0 aliphatic carbocycles. The normalized spacial score (nSPS) is 8.11. The Labute approximate surface area is 66.6 Å². The molecule has 4 heteroatoms. The lowest BCUT2D eigenvalue weighted by atomic mass is 10.7. The lowest BCUT2D eigenvalue weighted by molar-refractivity contribution is 0.673. The maximum atomic E-state index is 3.71. The molecule has 9 heavy (non-hydrogen) atoms. The highest BCUT2D eigenvalue weighted by molar-refractivity contribution is 14.1. The molecule has 1 rings (SSSR count). The van der Waals surface area contributed by atoms with Crippen molar-refractivity contribution in [3.05, 3.63) is 12.4 Å². The average Bonchev–Trinajstić information content (AvgIpc) is 2.34. The van der Waals surface area contributed by atoms with Gasteiger partial charge in [-0.2, -0.15) is 0 Å². The van der Waals surface area contributed by atoms with Crippen LogP contribution in [0.5, 0.6) is 0 Å². The van der Waals surface area contributed by atoms with Crippen molar-refractivity contribution in [3.8, 4) is 9.85 Å². The van der Waals surface area contributed by atoms with E-state index in [0.717, 1.165) is 0 Å². The molecular formula is C5H4IN3. The SMILES string of the molecule is IC#CCn1ccnn1. The van der Waals surface area contributed by atoms with Crippen molar-refractivity contribution in [3.63, 3.8) is 0 Å². The second-order valence-corrected chi connectivity index (χ2v) is 1.91. The Morgan fingerprint density at radius 2 is 2.56 bits per heavy atom. The minimum atomic E-state index is 0.628. The van der Waals surface area contributed by atoms with Gasteiger partial charge in [0.25, 0.3) is 0 Å². The summed E-state index contributed by atoms with van der Waals surface area (Å²) in [6.07, 6.45) is 3.41. The van der Waals surface area contributed by atoms with Crippen LogP contribution >= 0.6 is 22.6 Å². The fourth-order valence-corrected chi connectivity index (χ4v) is 0.598. The highest BCUT2D eigenvalue weighted by Crippen LogP contribution is 1.79. The number of hydrogen-bond acceptors (Lipinski definition) is 2. The first-order valence-corrected chi connectivity index (χ1v) is 3.44. The molecule has 0 radical (unpaired) electrons. The molecule has 3 nitrogen and oxygen atoms in total. The van der Waals surface area contributed by atoms with Gasteiger partial charge in [-0.1, -0.05) is 11.1 Å². The van der Waals surface area contributed by atoms with E-state index in [-0.39, 0.29) is 0 Å². The summed E-state index contributed by atoms with van der Waals surface area (Å²) < 4.78 is 4.41. The molecule has 0 N–H and O–H groups in total. The fraction of sp³-hybridized carbons (Fsp3) is 0.200. The zero-order valence-electron chi connectivity index (χ0n) is 4.58. The maximum Gasteiger partial charge on any atom is 0.104 e. The van der Waals surface area contributed by atoms with E-state index in [2.05, 4.69) is 20.2 Å². The first-order chi connectivity index (χ1) is 4.43. The van der Waals surface area contributed by atoms with Gasteiger partial charge in [-0.05, 0) is 3.93 Å². The van der Waals surface area contributed by atoms with Crippen LogP contribution in [0.3, 0.4) is 0 Å². The van der Waals surface area contributed by atoms with E-state index in [1.54, 1.807) is 17.1 Å². The summed E-state index contributed by atoms with van der Waals surface area (Å²) in [5.41, 5.74) is 0. The molecule has 46 valence electrons. The van der Waals surface area contributed by atoms with Crippen LogP contribution < -0.4 is 0 Å². The maximum absolute atomic E-state index is 3.71. The molecule has 0 aromatic carbocycles. The molecule has 0 atom stereocenters. The van der Waals surface area contributed by atoms with Crippen LogP contribution in [0, 0.1) is 9.85 Å². The third kappa shape index (κ3) is 2.01. The smallest absolute Gasteiger partial charge is 0.104 e. The van der Waals surface area contributed by atoms with E-state index >= 15 is 0 Å². The van der Waals surface area contributed by atoms with Gasteiger partial charge in [-0.3, -0.25) is 0 Å². The van der Waals surface area contributed by atoms with E-state index in [1.807, 2.05) is 22.6 Å². The number of rotatable bonds is 1. The second kappa shape index (κ2) is 3.45. The minimum absolute atomic E-state index is 0.628. The first kappa shape index (κ1) is 6.55. The Kier molecular flexibility index (Phi) is 2.51. The molecule has 0 aliphatic heterocycles. The molecule has 0 fully saturated rings. The summed E-state index contributed by atoms with van der Waals surface area (Å²) in [6, 6.07) is 0. The molecule has 1 aromatic heterocycles. The lowest BCUT2D eigenvalue weighted by Gasteiger charge is -1.85. The third-order valence-electron chi connectivity index (χ3n) is 0.780.